The second kappa shape index (κ2) is 10.6. The molecule has 0 aliphatic carbocycles. The van der Waals surface area contributed by atoms with E-state index in [1.807, 2.05) is 0 Å². The zero-order chi connectivity index (χ0) is 14.7. The van der Waals surface area contributed by atoms with Gasteiger partial charge in [0.05, 0.1) is 27.7 Å². The molecule has 0 radical (unpaired) electrons. The van der Waals surface area contributed by atoms with Gasteiger partial charge in [0.1, 0.15) is 0 Å². The number of rotatable bonds is 8. The Labute approximate surface area is 109 Å². The molecule has 0 aromatic rings. The minimum atomic E-state index is -6.00. The Balaban J connectivity index is 0. The summed E-state index contributed by atoms with van der Waals surface area (Å²) in [5.74, 6) is 0. The van der Waals surface area contributed by atoms with Gasteiger partial charge in [-0.05, 0) is 12.8 Å². The minimum Gasteiger partial charge on any atom is -0.418 e. The van der Waals surface area contributed by atoms with Crippen molar-refractivity contribution in [2.45, 2.75) is 51.9 Å². The van der Waals surface area contributed by atoms with Crippen molar-refractivity contribution in [3.8, 4) is 0 Å². The molecule has 0 unspecified atom stereocenters. The lowest BCUT2D eigenvalue weighted by atomic mass is 10.1. The Morgan fingerprint density at radius 3 is 1.39 bits per heavy atom. The maximum absolute atomic E-state index is 9.75. The van der Waals surface area contributed by atoms with Crippen LogP contribution in [0.1, 0.15) is 51.9 Å². The maximum Gasteiger partial charge on any atom is 0.673 e. The van der Waals surface area contributed by atoms with Crippen molar-refractivity contribution in [2.75, 3.05) is 27.7 Å². The summed E-state index contributed by atoms with van der Waals surface area (Å²) in [5.41, 5.74) is 0. The van der Waals surface area contributed by atoms with Crippen molar-refractivity contribution in [2.24, 2.45) is 0 Å². The monoisotopic (exact) mass is 273 g/mol. The van der Waals surface area contributed by atoms with E-state index in [4.69, 9.17) is 0 Å². The van der Waals surface area contributed by atoms with Gasteiger partial charge in [-0.15, -0.1) is 0 Å². The molecule has 0 heterocycles. The van der Waals surface area contributed by atoms with Gasteiger partial charge in [0.15, 0.2) is 0 Å². The smallest absolute Gasteiger partial charge is 0.418 e. The molecule has 0 spiro atoms. The lowest BCUT2D eigenvalue weighted by Crippen LogP contribution is -2.35. The van der Waals surface area contributed by atoms with E-state index in [9.17, 15) is 17.3 Å². The summed E-state index contributed by atoms with van der Waals surface area (Å²) < 4.78 is 40.1. The average Bonchev–Trinajstić information content (AvgIpc) is 2.12. The van der Waals surface area contributed by atoms with Crippen molar-refractivity contribution >= 4 is 7.25 Å². The molecule has 0 saturated heterocycles. The first kappa shape index (κ1) is 20.1. The van der Waals surface area contributed by atoms with Gasteiger partial charge >= 0.3 is 7.25 Å². The average molecular weight is 273 g/mol. The molecule has 0 amide bonds. The molecule has 0 aromatic carbocycles. The maximum atomic E-state index is 9.75. The zero-order valence-corrected chi connectivity index (χ0v) is 12.2. The third-order valence-electron chi connectivity index (χ3n) is 2.43. The van der Waals surface area contributed by atoms with Gasteiger partial charge in [0, 0.05) is 0 Å². The number of nitrogens with zero attached hydrogens (tertiary/aromatic N) is 1. The molecular weight excluding hydrogens is 245 g/mol. The molecule has 0 aliphatic rings. The Kier molecular flexibility index (Phi) is 11.9. The Hall–Kier alpha value is -0.255. The summed E-state index contributed by atoms with van der Waals surface area (Å²) in [4.78, 5) is 0. The summed E-state index contributed by atoms with van der Waals surface area (Å²) in [7, 11) is 0.825. The Morgan fingerprint density at radius 1 is 0.722 bits per heavy atom. The summed E-state index contributed by atoms with van der Waals surface area (Å²) in [6.07, 6.45) is 9.95. The van der Waals surface area contributed by atoms with E-state index in [1.165, 1.54) is 51.5 Å². The van der Waals surface area contributed by atoms with Crippen LogP contribution >= 0.6 is 0 Å². The highest BCUT2D eigenvalue weighted by Gasteiger charge is 2.20. The van der Waals surface area contributed by atoms with Gasteiger partial charge in [-0.25, -0.2) is 0 Å². The molecule has 1 nitrogen and oxygen atoms in total. The third kappa shape index (κ3) is 36.0. The van der Waals surface area contributed by atoms with Crippen LogP contribution in [0.25, 0.3) is 0 Å². The highest BCUT2D eigenvalue weighted by molar-refractivity contribution is 6.50. The van der Waals surface area contributed by atoms with Gasteiger partial charge in [-0.2, -0.15) is 0 Å². The molecular formula is C12H28BF4N. The lowest BCUT2D eigenvalue weighted by molar-refractivity contribution is -0.870. The largest absolute Gasteiger partial charge is 0.673 e. The van der Waals surface area contributed by atoms with Crippen LogP contribution in [0.2, 0.25) is 0 Å². The Morgan fingerprint density at radius 2 is 1.06 bits per heavy atom. The van der Waals surface area contributed by atoms with Crippen LogP contribution in [0, 0.1) is 0 Å². The standard InChI is InChI=1S/C12H28N.BF4/c1-5-6-7-8-9-10-11-12-13(2,3)4;2-1(3,4)5/h5-12H2,1-4H3;/q+1;-1. The molecule has 6 heteroatoms. The normalized spacial score (nSPS) is 12.0. The van der Waals surface area contributed by atoms with E-state index < -0.39 is 7.25 Å². The zero-order valence-electron chi connectivity index (χ0n) is 12.2. The van der Waals surface area contributed by atoms with E-state index in [0.29, 0.717) is 0 Å². The Bertz CT molecular complexity index is 172. The fraction of sp³-hybridized carbons (Fsp3) is 1.00. The van der Waals surface area contributed by atoms with Gasteiger partial charge in [0.2, 0.25) is 0 Å². The SMILES string of the molecule is CCCCCCCCC[N+](C)(C)C.F[B-](F)(F)F. The second-order valence-electron chi connectivity index (χ2n) is 5.63. The van der Waals surface area contributed by atoms with Crippen LogP contribution in [-0.4, -0.2) is 39.4 Å². The lowest BCUT2D eigenvalue weighted by Gasteiger charge is -2.23. The predicted molar refractivity (Wildman–Crippen MR) is 71.1 cm³/mol. The highest BCUT2D eigenvalue weighted by atomic mass is 19.5. The van der Waals surface area contributed by atoms with Crippen LogP contribution < -0.4 is 0 Å². The van der Waals surface area contributed by atoms with Gasteiger partial charge in [-0.1, -0.05) is 39.0 Å². The number of hydrogen-bond donors (Lipinski definition) is 0. The van der Waals surface area contributed by atoms with Crippen LogP contribution in [0.5, 0.6) is 0 Å². The fourth-order valence-electron chi connectivity index (χ4n) is 1.54. The third-order valence-corrected chi connectivity index (χ3v) is 2.43. The molecule has 112 valence electrons. The van der Waals surface area contributed by atoms with E-state index in [1.54, 1.807) is 0 Å². The van der Waals surface area contributed by atoms with E-state index in [0.717, 1.165) is 4.48 Å². The fourth-order valence-corrected chi connectivity index (χ4v) is 1.54. The summed E-state index contributed by atoms with van der Waals surface area (Å²) >= 11 is 0. The van der Waals surface area contributed by atoms with Crippen LogP contribution in [0.15, 0.2) is 0 Å². The first-order chi connectivity index (χ1) is 8.06. The van der Waals surface area contributed by atoms with Crippen molar-refractivity contribution in [1.82, 2.24) is 0 Å². The molecule has 0 atom stereocenters. The molecule has 0 N–H and O–H groups in total. The molecule has 0 bridgehead atoms. The quantitative estimate of drug-likeness (QED) is 0.259. The molecule has 18 heavy (non-hydrogen) atoms. The highest BCUT2D eigenvalue weighted by Crippen LogP contribution is 2.08. The van der Waals surface area contributed by atoms with Gasteiger partial charge in [0.25, 0.3) is 0 Å². The van der Waals surface area contributed by atoms with Gasteiger partial charge in [-0.3, -0.25) is 0 Å². The van der Waals surface area contributed by atoms with Crippen LogP contribution in [0.4, 0.5) is 17.3 Å². The van der Waals surface area contributed by atoms with Crippen molar-refractivity contribution in [1.29, 1.82) is 0 Å². The molecule has 0 fully saturated rings. The molecule has 0 saturated carbocycles. The summed E-state index contributed by atoms with van der Waals surface area (Å²) in [6.45, 7) is 3.60. The summed E-state index contributed by atoms with van der Waals surface area (Å²) in [6, 6.07) is 0. The topological polar surface area (TPSA) is 0 Å². The second-order valence-corrected chi connectivity index (χ2v) is 5.63. The number of unbranched alkanes of at least 4 members (excludes halogenated alkanes) is 6. The summed E-state index contributed by atoms with van der Waals surface area (Å²) in [5, 5.41) is 0. The van der Waals surface area contributed by atoms with Gasteiger partial charge < -0.3 is 21.7 Å². The van der Waals surface area contributed by atoms with Crippen LogP contribution in [-0.2, 0) is 0 Å². The number of hydrogen-bond acceptors (Lipinski definition) is 0. The molecule has 0 aliphatic heterocycles. The van der Waals surface area contributed by atoms with Crippen LogP contribution in [0.3, 0.4) is 0 Å². The first-order valence-corrected chi connectivity index (χ1v) is 6.74. The van der Waals surface area contributed by atoms with Crippen molar-refractivity contribution < 1.29 is 21.7 Å². The minimum absolute atomic E-state index is 1.12. The van der Waals surface area contributed by atoms with Crippen molar-refractivity contribution in [3.05, 3.63) is 0 Å². The first-order valence-electron chi connectivity index (χ1n) is 6.74. The number of halogens is 4. The molecule has 0 aromatic heterocycles. The van der Waals surface area contributed by atoms with Crippen molar-refractivity contribution in [3.63, 3.8) is 0 Å². The number of quaternary nitrogens is 1. The predicted octanol–water partition coefficient (Wildman–Crippen LogP) is 4.74. The van der Waals surface area contributed by atoms with E-state index in [2.05, 4.69) is 28.1 Å². The van der Waals surface area contributed by atoms with E-state index >= 15 is 0 Å². The molecule has 0 rings (SSSR count). The van der Waals surface area contributed by atoms with E-state index in [-0.39, 0.29) is 0 Å².